The maximum atomic E-state index is 5.34. The van der Waals surface area contributed by atoms with Crippen LogP contribution in [0.15, 0.2) is 36.8 Å². The molecule has 0 aliphatic carbocycles. The molecule has 16 heavy (non-hydrogen) atoms. The lowest BCUT2D eigenvalue weighted by Crippen LogP contribution is -1.96. The van der Waals surface area contributed by atoms with Crippen LogP contribution in [0.25, 0.3) is 0 Å². The van der Waals surface area contributed by atoms with E-state index >= 15 is 0 Å². The highest BCUT2D eigenvalue weighted by Crippen LogP contribution is 2.19. The number of benzene rings is 1. The fourth-order valence-corrected chi connectivity index (χ4v) is 1.66. The van der Waals surface area contributed by atoms with E-state index in [1.807, 2.05) is 24.3 Å². The largest absolute Gasteiger partial charge is 0.339 e. The van der Waals surface area contributed by atoms with Gasteiger partial charge in [-0.05, 0) is 40.8 Å². The number of nitrogens with zero attached hydrogens (tertiary/aromatic N) is 2. The summed E-state index contributed by atoms with van der Waals surface area (Å²) < 4.78 is 0.964. The van der Waals surface area contributed by atoms with E-state index in [1.54, 1.807) is 6.20 Å². The lowest BCUT2D eigenvalue weighted by Gasteiger charge is -2.06. The molecule has 2 rings (SSSR count). The molecular formula is C12H8IN3. The van der Waals surface area contributed by atoms with Crippen LogP contribution in [-0.2, 0) is 0 Å². The van der Waals surface area contributed by atoms with Gasteiger partial charge >= 0.3 is 0 Å². The van der Waals surface area contributed by atoms with E-state index in [4.69, 9.17) is 6.42 Å². The summed E-state index contributed by atoms with van der Waals surface area (Å²) >= 11 is 2.18. The second-order valence-corrected chi connectivity index (χ2v) is 4.23. The third-order valence-corrected chi connectivity index (χ3v) is 2.75. The maximum absolute atomic E-state index is 5.34. The quantitative estimate of drug-likeness (QED) is 0.683. The zero-order valence-electron chi connectivity index (χ0n) is 8.31. The first-order chi connectivity index (χ1) is 7.79. The number of anilines is 2. The van der Waals surface area contributed by atoms with Gasteiger partial charge in [-0.25, -0.2) is 9.97 Å². The molecule has 0 aliphatic heterocycles. The van der Waals surface area contributed by atoms with Gasteiger partial charge < -0.3 is 5.32 Å². The highest BCUT2D eigenvalue weighted by molar-refractivity contribution is 14.1. The standard InChI is InChI=1S/C12H8IN3/c1-2-9-4-3-5-10(6-9)16-12-11(13)7-14-8-15-12/h1,3-8H,(H,14,15,16). The molecule has 0 unspecified atom stereocenters. The van der Waals surface area contributed by atoms with Crippen LogP contribution in [0.5, 0.6) is 0 Å². The topological polar surface area (TPSA) is 37.8 Å². The Morgan fingerprint density at radius 3 is 3.00 bits per heavy atom. The van der Waals surface area contributed by atoms with Crippen LogP contribution in [0.3, 0.4) is 0 Å². The number of hydrogen-bond donors (Lipinski definition) is 1. The molecule has 1 N–H and O–H groups in total. The Bertz CT molecular complexity index is 546. The number of aromatic nitrogens is 2. The zero-order chi connectivity index (χ0) is 11.4. The van der Waals surface area contributed by atoms with Gasteiger partial charge in [0.25, 0.3) is 0 Å². The van der Waals surface area contributed by atoms with Crippen molar-refractivity contribution in [2.24, 2.45) is 0 Å². The monoisotopic (exact) mass is 321 g/mol. The third kappa shape index (κ3) is 2.49. The van der Waals surface area contributed by atoms with Crippen LogP contribution in [0.2, 0.25) is 0 Å². The summed E-state index contributed by atoms with van der Waals surface area (Å²) in [5.41, 5.74) is 1.76. The molecule has 0 saturated heterocycles. The molecule has 0 radical (unpaired) electrons. The number of hydrogen-bond acceptors (Lipinski definition) is 3. The molecule has 78 valence electrons. The molecule has 1 heterocycles. The van der Waals surface area contributed by atoms with Crippen LogP contribution in [-0.4, -0.2) is 9.97 Å². The Balaban J connectivity index is 2.28. The Labute approximate surface area is 107 Å². The number of halogens is 1. The van der Waals surface area contributed by atoms with Crippen LogP contribution >= 0.6 is 22.6 Å². The molecule has 0 bridgehead atoms. The van der Waals surface area contributed by atoms with Crippen molar-refractivity contribution in [1.82, 2.24) is 9.97 Å². The molecule has 3 nitrogen and oxygen atoms in total. The molecule has 0 amide bonds. The Hall–Kier alpha value is -1.61. The Morgan fingerprint density at radius 1 is 1.38 bits per heavy atom. The zero-order valence-corrected chi connectivity index (χ0v) is 10.5. The summed E-state index contributed by atoms with van der Waals surface area (Å²) in [5.74, 6) is 3.38. The molecule has 0 fully saturated rings. The molecule has 4 heteroatoms. The maximum Gasteiger partial charge on any atom is 0.147 e. The van der Waals surface area contributed by atoms with Crippen LogP contribution in [0.4, 0.5) is 11.5 Å². The predicted octanol–water partition coefficient (Wildman–Crippen LogP) is 2.81. The Morgan fingerprint density at radius 2 is 2.25 bits per heavy atom. The van der Waals surface area contributed by atoms with Crippen LogP contribution < -0.4 is 5.32 Å². The Kier molecular flexibility index (Phi) is 3.37. The fraction of sp³-hybridized carbons (Fsp3) is 0. The summed E-state index contributed by atoms with van der Waals surface area (Å²) in [6.45, 7) is 0. The number of terminal acetylenes is 1. The van der Waals surface area contributed by atoms with Gasteiger partial charge in [-0.2, -0.15) is 0 Å². The van der Waals surface area contributed by atoms with Gasteiger partial charge in [-0.3, -0.25) is 0 Å². The van der Waals surface area contributed by atoms with E-state index in [0.29, 0.717) is 0 Å². The summed E-state index contributed by atoms with van der Waals surface area (Å²) in [4.78, 5) is 8.08. The van der Waals surface area contributed by atoms with Crippen molar-refractivity contribution in [2.75, 3.05) is 5.32 Å². The first-order valence-electron chi connectivity index (χ1n) is 4.59. The summed E-state index contributed by atoms with van der Waals surface area (Å²) in [6.07, 6.45) is 8.60. The van der Waals surface area contributed by atoms with Crippen molar-refractivity contribution in [3.63, 3.8) is 0 Å². The first-order valence-corrected chi connectivity index (χ1v) is 5.66. The third-order valence-electron chi connectivity index (χ3n) is 1.96. The molecule has 1 aromatic heterocycles. The summed E-state index contributed by atoms with van der Waals surface area (Å²) in [7, 11) is 0. The van der Waals surface area contributed by atoms with Gasteiger partial charge in [0.1, 0.15) is 12.1 Å². The van der Waals surface area contributed by atoms with Crippen molar-refractivity contribution in [3.05, 3.63) is 45.9 Å². The summed E-state index contributed by atoms with van der Waals surface area (Å²) in [6, 6.07) is 7.64. The van der Waals surface area contributed by atoms with E-state index in [1.165, 1.54) is 6.33 Å². The van der Waals surface area contributed by atoms with Gasteiger partial charge in [0.15, 0.2) is 0 Å². The van der Waals surface area contributed by atoms with Gasteiger partial charge in [-0.15, -0.1) is 6.42 Å². The van der Waals surface area contributed by atoms with E-state index in [-0.39, 0.29) is 0 Å². The molecule has 2 aromatic rings. The van der Waals surface area contributed by atoms with Gasteiger partial charge in [0, 0.05) is 17.4 Å². The van der Waals surface area contributed by atoms with E-state index < -0.39 is 0 Å². The molecular weight excluding hydrogens is 313 g/mol. The van der Waals surface area contributed by atoms with Crippen molar-refractivity contribution in [2.45, 2.75) is 0 Å². The highest BCUT2D eigenvalue weighted by Gasteiger charge is 2.01. The molecule has 0 spiro atoms. The van der Waals surface area contributed by atoms with Crippen molar-refractivity contribution in [1.29, 1.82) is 0 Å². The van der Waals surface area contributed by atoms with Crippen LogP contribution in [0.1, 0.15) is 5.56 Å². The average molecular weight is 321 g/mol. The molecule has 0 atom stereocenters. The van der Waals surface area contributed by atoms with E-state index in [2.05, 4.69) is 43.8 Å². The second-order valence-electron chi connectivity index (χ2n) is 3.07. The van der Waals surface area contributed by atoms with Crippen molar-refractivity contribution >= 4 is 34.1 Å². The summed E-state index contributed by atoms with van der Waals surface area (Å²) in [5, 5.41) is 3.19. The van der Waals surface area contributed by atoms with Gasteiger partial charge in [0.2, 0.25) is 0 Å². The van der Waals surface area contributed by atoms with Gasteiger partial charge in [0.05, 0.1) is 3.57 Å². The predicted molar refractivity (Wildman–Crippen MR) is 72.4 cm³/mol. The smallest absolute Gasteiger partial charge is 0.147 e. The minimum Gasteiger partial charge on any atom is -0.339 e. The minimum absolute atomic E-state index is 0.782. The molecule has 1 aromatic carbocycles. The van der Waals surface area contributed by atoms with E-state index in [9.17, 15) is 0 Å². The minimum atomic E-state index is 0.782. The lowest BCUT2D eigenvalue weighted by atomic mass is 10.2. The fourth-order valence-electron chi connectivity index (χ4n) is 1.23. The van der Waals surface area contributed by atoms with Gasteiger partial charge in [-0.1, -0.05) is 12.0 Å². The lowest BCUT2D eigenvalue weighted by molar-refractivity contribution is 1.15. The van der Waals surface area contributed by atoms with Crippen LogP contribution in [0, 0.1) is 15.9 Å². The normalized spacial score (nSPS) is 9.50. The average Bonchev–Trinajstić information content (AvgIpc) is 2.32. The van der Waals surface area contributed by atoms with E-state index in [0.717, 1.165) is 20.6 Å². The molecule has 0 saturated carbocycles. The number of rotatable bonds is 2. The number of nitrogens with one attached hydrogen (secondary N) is 1. The SMILES string of the molecule is C#Cc1cccc(Nc2ncncc2I)c1. The highest BCUT2D eigenvalue weighted by atomic mass is 127. The van der Waals surface area contributed by atoms with Crippen molar-refractivity contribution < 1.29 is 0 Å². The van der Waals surface area contributed by atoms with Crippen molar-refractivity contribution in [3.8, 4) is 12.3 Å². The second kappa shape index (κ2) is 4.94. The first kappa shape index (κ1) is 10.9. The molecule has 0 aliphatic rings.